The molecule has 3 heteroatoms. The summed E-state index contributed by atoms with van der Waals surface area (Å²) in [5.74, 6) is 1.54. The number of benzene rings is 6. The Hall–Kier alpha value is -6.06. The zero-order valence-electron chi connectivity index (χ0n) is 24.5. The first-order chi connectivity index (χ1) is 22.3. The molecule has 3 nitrogen and oxygen atoms in total. The Bertz CT molecular complexity index is 2220. The number of para-hydroxylation sites is 1. The van der Waals surface area contributed by atoms with Gasteiger partial charge in [-0.25, -0.2) is 9.97 Å². The van der Waals surface area contributed by atoms with E-state index in [0.29, 0.717) is 5.82 Å². The smallest absolute Gasteiger partial charge is 0.161 e. The Balaban J connectivity index is 1.26. The topological polar surface area (TPSA) is 38.9 Å². The van der Waals surface area contributed by atoms with Crippen LogP contribution < -0.4 is 0 Å². The van der Waals surface area contributed by atoms with Crippen molar-refractivity contribution in [1.82, 2.24) is 9.97 Å². The van der Waals surface area contributed by atoms with Gasteiger partial charge in [-0.05, 0) is 46.5 Å². The Morgan fingerprint density at radius 3 is 1.69 bits per heavy atom. The maximum atomic E-state index is 6.13. The van der Waals surface area contributed by atoms with E-state index in [9.17, 15) is 0 Å². The number of aromatic nitrogens is 2. The molecule has 0 saturated heterocycles. The zero-order chi connectivity index (χ0) is 30.0. The van der Waals surface area contributed by atoms with Crippen molar-refractivity contribution in [3.8, 4) is 67.5 Å². The van der Waals surface area contributed by atoms with Gasteiger partial charge >= 0.3 is 0 Å². The minimum Gasteiger partial charge on any atom is -0.456 e. The van der Waals surface area contributed by atoms with Gasteiger partial charge in [0.2, 0.25) is 0 Å². The fraction of sp³-hybridized carbons (Fsp3) is 0. The molecule has 0 spiro atoms. The molecule has 2 aromatic heterocycles. The molecule has 0 radical (unpaired) electrons. The molecular formula is C42H28N2O. The highest BCUT2D eigenvalue weighted by Gasteiger charge is 2.15. The van der Waals surface area contributed by atoms with Crippen LogP contribution in [-0.4, -0.2) is 9.97 Å². The van der Waals surface area contributed by atoms with Crippen molar-refractivity contribution in [2.45, 2.75) is 0 Å². The van der Waals surface area contributed by atoms with Gasteiger partial charge in [-0.2, -0.15) is 0 Å². The monoisotopic (exact) mass is 576 g/mol. The Morgan fingerprint density at radius 1 is 0.356 bits per heavy atom. The first kappa shape index (κ1) is 26.6. The Morgan fingerprint density at radius 2 is 0.933 bits per heavy atom. The van der Waals surface area contributed by atoms with Crippen LogP contribution in [0.4, 0.5) is 0 Å². The first-order valence-corrected chi connectivity index (χ1v) is 15.1. The molecule has 0 aliphatic rings. The van der Waals surface area contributed by atoms with Crippen LogP contribution in [0.2, 0.25) is 0 Å². The average Bonchev–Trinajstić information content (AvgIpc) is 3.57. The van der Waals surface area contributed by atoms with Crippen LogP contribution in [0.25, 0.3) is 78.4 Å². The molecule has 6 aromatic carbocycles. The third-order valence-electron chi connectivity index (χ3n) is 8.14. The molecule has 0 fully saturated rings. The van der Waals surface area contributed by atoms with Gasteiger partial charge in [-0.15, -0.1) is 0 Å². The van der Waals surface area contributed by atoms with E-state index < -0.39 is 0 Å². The molecule has 0 saturated carbocycles. The molecule has 212 valence electrons. The van der Waals surface area contributed by atoms with Gasteiger partial charge in [0.25, 0.3) is 0 Å². The maximum Gasteiger partial charge on any atom is 0.161 e. The van der Waals surface area contributed by atoms with Crippen LogP contribution >= 0.6 is 0 Å². The van der Waals surface area contributed by atoms with Crippen LogP contribution in [0.15, 0.2) is 174 Å². The Kier molecular flexibility index (Phi) is 6.82. The minimum atomic E-state index is 0.688. The molecular weight excluding hydrogens is 548 g/mol. The van der Waals surface area contributed by atoms with Crippen LogP contribution in [0.5, 0.6) is 0 Å². The molecule has 8 rings (SSSR count). The van der Waals surface area contributed by atoms with Crippen molar-refractivity contribution in [3.63, 3.8) is 0 Å². The third-order valence-corrected chi connectivity index (χ3v) is 8.14. The molecule has 2 heterocycles. The molecule has 0 amide bonds. The van der Waals surface area contributed by atoms with Gasteiger partial charge in [-0.3, -0.25) is 0 Å². The van der Waals surface area contributed by atoms with E-state index in [2.05, 4.69) is 140 Å². The number of nitrogens with zero attached hydrogens (tertiary/aromatic N) is 2. The summed E-state index contributed by atoms with van der Waals surface area (Å²) < 4.78 is 6.13. The Labute approximate surface area is 262 Å². The van der Waals surface area contributed by atoms with Gasteiger partial charge in [0, 0.05) is 27.6 Å². The third kappa shape index (κ3) is 5.32. The predicted octanol–water partition coefficient (Wildman–Crippen LogP) is 11.2. The summed E-state index contributed by atoms with van der Waals surface area (Å²) in [6.07, 6.45) is 0. The predicted molar refractivity (Wildman–Crippen MR) is 184 cm³/mol. The highest BCUT2D eigenvalue weighted by atomic mass is 16.3. The normalized spacial score (nSPS) is 11.1. The van der Waals surface area contributed by atoms with Gasteiger partial charge in [0.1, 0.15) is 11.3 Å². The molecule has 0 unspecified atom stereocenters. The van der Waals surface area contributed by atoms with E-state index in [1.165, 1.54) is 5.56 Å². The fourth-order valence-electron chi connectivity index (χ4n) is 5.83. The van der Waals surface area contributed by atoms with Crippen molar-refractivity contribution >= 4 is 11.0 Å². The second-order valence-corrected chi connectivity index (χ2v) is 11.0. The van der Waals surface area contributed by atoms with Gasteiger partial charge < -0.3 is 4.42 Å². The summed E-state index contributed by atoms with van der Waals surface area (Å²) >= 11 is 0. The van der Waals surface area contributed by atoms with Crippen LogP contribution in [0.3, 0.4) is 0 Å². The van der Waals surface area contributed by atoms with Crippen molar-refractivity contribution in [1.29, 1.82) is 0 Å². The minimum absolute atomic E-state index is 0.688. The highest BCUT2D eigenvalue weighted by Crippen LogP contribution is 2.35. The van der Waals surface area contributed by atoms with E-state index in [4.69, 9.17) is 14.4 Å². The zero-order valence-corrected chi connectivity index (χ0v) is 24.5. The molecule has 0 bridgehead atoms. The van der Waals surface area contributed by atoms with Crippen molar-refractivity contribution in [2.24, 2.45) is 0 Å². The largest absolute Gasteiger partial charge is 0.456 e. The van der Waals surface area contributed by atoms with Gasteiger partial charge in [-0.1, -0.05) is 146 Å². The average molecular weight is 577 g/mol. The van der Waals surface area contributed by atoms with E-state index in [-0.39, 0.29) is 0 Å². The lowest BCUT2D eigenvalue weighted by Crippen LogP contribution is -1.97. The van der Waals surface area contributed by atoms with E-state index in [1.807, 2.05) is 30.3 Å². The van der Waals surface area contributed by atoms with Crippen molar-refractivity contribution < 1.29 is 4.42 Å². The lowest BCUT2D eigenvalue weighted by molar-refractivity contribution is 0.631. The first-order valence-electron chi connectivity index (χ1n) is 15.1. The van der Waals surface area contributed by atoms with E-state index in [0.717, 1.165) is 67.1 Å². The highest BCUT2D eigenvalue weighted by molar-refractivity contribution is 5.85. The lowest BCUT2D eigenvalue weighted by Gasteiger charge is -2.13. The fourth-order valence-corrected chi connectivity index (χ4v) is 5.83. The maximum absolute atomic E-state index is 6.13. The van der Waals surface area contributed by atoms with E-state index >= 15 is 0 Å². The number of hydrogen-bond acceptors (Lipinski definition) is 3. The summed E-state index contributed by atoms with van der Waals surface area (Å²) in [5, 5.41) is 1.09. The SMILES string of the molecule is c1ccc(-c2cccc(-c3cc(-c4ccc(-c5cc6ccccc6o5)cc4)nc(-c4ccccc4-c4ccccc4)n3)c2)cc1. The number of rotatable bonds is 6. The van der Waals surface area contributed by atoms with Crippen LogP contribution in [0, 0.1) is 0 Å². The molecule has 0 atom stereocenters. The molecule has 0 N–H and O–H groups in total. The molecule has 0 aliphatic carbocycles. The summed E-state index contributed by atoms with van der Waals surface area (Å²) in [7, 11) is 0. The van der Waals surface area contributed by atoms with Gasteiger partial charge in [0.05, 0.1) is 11.4 Å². The van der Waals surface area contributed by atoms with E-state index in [1.54, 1.807) is 0 Å². The second-order valence-electron chi connectivity index (χ2n) is 11.0. The standard InChI is InChI=1S/C42H28N2O/c1-3-12-29(13-4-1)33-17-11-18-34(26-33)39-28-38(31-22-24-32(25-23-31)41-27-35-16-7-10-21-40(35)45-41)43-42(44-39)37-20-9-8-19-36(37)30-14-5-2-6-15-30/h1-28H. The van der Waals surface area contributed by atoms with Crippen LogP contribution in [-0.2, 0) is 0 Å². The molecule has 8 aromatic rings. The van der Waals surface area contributed by atoms with Crippen molar-refractivity contribution in [2.75, 3.05) is 0 Å². The molecule has 45 heavy (non-hydrogen) atoms. The quantitative estimate of drug-likeness (QED) is 0.198. The second kappa shape index (κ2) is 11.6. The number of hydrogen-bond donors (Lipinski definition) is 0. The molecule has 0 aliphatic heterocycles. The summed E-state index contributed by atoms with van der Waals surface area (Å²) in [6, 6.07) is 58.5. The van der Waals surface area contributed by atoms with Crippen LogP contribution in [0.1, 0.15) is 0 Å². The lowest BCUT2D eigenvalue weighted by atomic mass is 9.98. The number of fused-ring (bicyclic) bond motifs is 1. The van der Waals surface area contributed by atoms with Gasteiger partial charge in [0.15, 0.2) is 5.82 Å². The summed E-state index contributed by atoms with van der Waals surface area (Å²) in [6.45, 7) is 0. The number of furan rings is 1. The summed E-state index contributed by atoms with van der Waals surface area (Å²) in [5.41, 5.74) is 11.2. The summed E-state index contributed by atoms with van der Waals surface area (Å²) in [4.78, 5) is 10.4. The van der Waals surface area contributed by atoms with Crippen molar-refractivity contribution in [3.05, 3.63) is 170 Å².